The van der Waals surface area contributed by atoms with Crippen molar-refractivity contribution in [2.45, 2.75) is 45.3 Å². The minimum Gasteiger partial charge on any atom is -0.460 e. The van der Waals surface area contributed by atoms with Gasteiger partial charge in [-0.1, -0.05) is 24.3 Å². The highest BCUT2D eigenvalue weighted by Gasteiger charge is 2.51. The van der Waals surface area contributed by atoms with Crippen molar-refractivity contribution in [2.75, 3.05) is 0 Å². The highest BCUT2D eigenvalue weighted by Crippen LogP contribution is 2.37. The normalized spacial score (nSPS) is 17.8. The van der Waals surface area contributed by atoms with E-state index in [9.17, 15) is 9.18 Å². The maximum Gasteiger partial charge on any atom is 0.494 e. The van der Waals surface area contributed by atoms with Crippen molar-refractivity contribution >= 4 is 29.5 Å². The second-order valence-electron chi connectivity index (χ2n) is 8.41. The first-order valence-electron chi connectivity index (χ1n) is 9.52. The molecule has 1 aromatic heterocycles. The van der Waals surface area contributed by atoms with Crippen LogP contribution < -0.4 is 11.2 Å². The quantitative estimate of drug-likeness (QED) is 0.686. The van der Waals surface area contributed by atoms with Crippen LogP contribution in [-0.2, 0) is 15.7 Å². The van der Waals surface area contributed by atoms with E-state index in [0.29, 0.717) is 28.7 Å². The molecule has 0 radical (unpaired) electrons. The van der Waals surface area contributed by atoms with Crippen molar-refractivity contribution in [3.05, 3.63) is 65.2 Å². The summed E-state index contributed by atoms with van der Waals surface area (Å²) in [6.45, 7) is 7.94. The van der Waals surface area contributed by atoms with Crippen LogP contribution in [0.15, 0.2) is 46.9 Å². The van der Waals surface area contributed by atoms with Crippen LogP contribution in [0.4, 0.5) is 4.39 Å². The summed E-state index contributed by atoms with van der Waals surface area (Å²) >= 11 is 0. The number of nitrogens with two attached hydrogens (primary N) is 1. The van der Waals surface area contributed by atoms with E-state index in [1.165, 1.54) is 12.1 Å². The lowest BCUT2D eigenvalue weighted by Crippen LogP contribution is -2.41. The number of carbonyl (C=O) groups is 1. The summed E-state index contributed by atoms with van der Waals surface area (Å²) in [6.07, 6.45) is 0.332. The second-order valence-corrected chi connectivity index (χ2v) is 8.41. The van der Waals surface area contributed by atoms with Crippen molar-refractivity contribution < 1.29 is 22.9 Å². The molecule has 1 aliphatic rings. The third kappa shape index (κ3) is 3.45. The molecule has 7 heteroatoms. The van der Waals surface area contributed by atoms with Crippen LogP contribution >= 0.6 is 0 Å². The van der Waals surface area contributed by atoms with E-state index in [0.717, 1.165) is 11.0 Å². The maximum absolute atomic E-state index is 13.2. The molecule has 5 nitrogen and oxygen atoms in total. The Morgan fingerprint density at radius 1 is 1.03 bits per heavy atom. The number of amides is 1. The predicted octanol–water partition coefficient (Wildman–Crippen LogP) is 3.56. The van der Waals surface area contributed by atoms with E-state index in [-0.39, 0.29) is 5.82 Å². The monoisotopic (exact) mass is 395 g/mol. The van der Waals surface area contributed by atoms with Gasteiger partial charge in [-0.25, -0.2) is 4.39 Å². The third-order valence-corrected chi connectivity index (χ3v) is 5.83. The Labute approximate surface area is 169 Å². The molecule has 1 amide bonds. The predicted molar refractivity (Wildman–Crippen MR) is 110 cm³/mol. The van der Waals surface area contributed by atoms with Gasteiger partial charge in [0.1, 0.15) is 17.2 Å². The lowest BCUT2D eigenvalue weighted by atomic mass is 9.78. The second kappa shape index (κ2) is 6.71. The summed E-state index contributed by atoms with van der Waals surface area (Å²) in [4.78, 5) is 12.2. The van der Waals surface area contributed by atoms with Gasteiger partial charge in [-0.05, 0) is 56.9 Å². The van der Waals surface area contributed by atoms with Gasteiger partial charge in [-0.3, -0.25) is 4.79 Å². The summed E-state index contributed by atoms with van der Waals surface area (Å²) in [5.41, 5.74) is 7.21. The van der Waals surface area contributed by atoms with Gasteiger partial charge in [-0.15, -0.1) is 0 Å². The molecule has 150 valence electrons. The minimum atomic E-state index is -0.577. The molecule has 2 aromatic carbocycles. The van der Waals surface area contributed by atoms with E-state index in [1.54, 1.807) is 18.2 Å². The zero-order valence-corrected chi connectivity index (χ0v) is 16.9. The average Bonchev–Trinajstić information content (AvgIpc) is 3.09. The fourth-order valence-corrected chi connectivity index (χ4v) is 3.47. The first-order valence-corrected chi connectivity index (χ1v) is 9.52. The Balaban J connectivity index is 1.74. The Hall–Kier alpha value is -2.64. The first-order chi connectivity index (χ1) is 13.6. The summed E-state index contributed by atoms with van der Waals surface area (Å²) in [5, 5.41) is 0.613. The van der Waals surface area contributed by atoms with Crippen LogP contribution in [-0.4, -0.2) is 24.2 Å². The Bertz CT molecular complexity index is 1070. The van der Waals surface area contributed by atoms with Gasteiger partial charge < -0.3 is 19.5 Å². The molecular formula is C22H23BFNO4. The number of rotatable bonds is 4. The molecule has 0 spiro atoms. The van der Waals surface area contributed by atoms with Crippen molar-refractivity contribution in [3.63, 3.8) is 0 Å². The molecule has 0 bridgehead atoms. The Kier molecular flexibility index (Phi) is 4.55. The third-order valence-electron chi connectivity index (χ3n) is 5.83. The number of carbonyl (C=O) groups excluding carboxylic acids is 1. The van der Waals surface area contributed by atoms with Crippen LogP contribution in [0.1, 0.15) is 49.4 Å². The molecule has 1 saturated heterocycles. The lowest BCUT2D eigenvalue weighted by molar-refractivity contribution is 0.00578. The van der Waals surface area contributed by atoms with Crippen LogP contribution in [0.2, 0.25) is 0 Å². The summed E-state index contributed by atoms with van der Waals surface area (Å²) in [6, 6.07) is 11.5. The number of fused-ring (bicyclic) bond motifs is 1. The molecule has 0 saturated carbocycles. The summed E-state index contributed by atoms with van der Waals surface area (Å²) in [7, 11) is -0.555. The molecule has 1 aliphatic heterocycles. The molecule has 0 unspecified atom stereocenters. The minimum absolute atomic E-state index is 0.319. The van der Waals surface area contributed by atoms with E-state index in [2.05, 4.69) is 0 Å². The smallest absolute Gasteiger partial charge is 0.460 e. The SMILES string of the molecule is CC1(C)OB(c2ccc3oc(Cc4ccc(F)cc4)c(C(N)=O)c3c2)OC1(C)C. The van der Waals surface area contributed by atoms with Crippen molar-refractivity contribution in [1.82, 2.24) is 0 Å². The summed E-state index contributed by atoms with van der Waals surface area (Å²) in [5.74, 6) is -0.447. The zero-order valence-electron chi connectivity index (χ0n) is 16.9. The van der Waals surface area contributed by atoms with Gasteiger partial charge in [-0.2, -0.15) is 0 Å². The Morgan fingerprint density at radius 2 is 1.66 bits per heavy atom. The highest BCUT2D eigenvalue weighted by molar-refractivity contribution is 6.62. The van der Waals surface area contributed by atoms with E-state index in [4.69, 9.17) is 19.5 Å². The van der Waals surface area contributed by atoms with Gasteiger partial charge in [0.25, 0.3) is 5.91 Å². The standard InChI is InChI=1S/C22H23BFNO4/c1-21(2)22(3,4)29-23(28-21)14-7-10-17-16(12-14)19(20(25)26)18(27-17)11-13-5-8-15(24)9-6-13/h5-10,12H,11H2,1-4H3,(H2,25,26). The number of hydrogen-bond donors (Lipinski definition) is 1. The zero-order chi connectivity index (χ0) is 21.0. The molecule has 2 N–H and O–H groups in total. The molecule has 3 aromatic rings. The summed E-state index contributed by atoms with van der Waals surface area (Å²) < 4.78 is 31.3. The van der Waals surface area contributed by atoms with Gasteiger partial charge >= 0.3 is 7.12 Å². The number of halogens is 1. The maximum atomic E-state index is 13.2. The van der Waals surface area contributed by atoms with Crippen molar-refractivity contribution in [3.8, 4) is 0 Å². The Morgan fingerprint density at radius 3 is 2.24 bits per heavy atom. The molecule has 0 aliphatic carbocycles. The molecule has 1 fully saturated rings. The molecule has 29 heavy (non-hydrogen) atoms. The fourth-order valence-electron chi connectivity index (χ4n) is 3.47. The van der Waals surface area contributed by atoms with Crippen molar-refractivity contribution in [1.29, 1.82) is 0 Å². The van der Waals surface area contributed by atoms with Crippen LogP contribution in [0.5, 0.6) is 0 Å². The molecule has 2 heterocycles. The largest absolute Gasteiger partial charge is 0.494 e. The van der Waals surface area contributed by atoms with Crippen LogP contribution in [0, 0.1) is 5.82 Å². The first kappa shape index (κ1) is 19.7. The number of furan rings is 1. The van der Waals surface area contributed by atoms with E-state index >= 15 is 0 Å². The van der Waals surface area contributed by atoms with E-state index in [1.807, 2.05) is 39.8 Å². The van der Waals surface area contributed by atoms with Gasteiger partial charge in [0.2, 0.25) is 0 Å². The number of benzene rings is 2. The lowest BCUT2D eigenvalue weighted by Gasteiger charge is -2.32. The molecule has 0 atom stereocenters. The van der Waals surface area contributed by atoms with Gasteiger partial charge in [0.15, 0.2) is 0 Å². The molecule has 4 rings (SSSR count). The number of hydrogen-bond acceptors (Lipinski definition) is 4. The fraction of sp³-hybridized carbons (Fsp3) is 0.318. The van der Waals surface area contributed by atoms with Crippen molar-refractivity contribution in [2.24, 2.45) is 5.73 Å². The van der Waals surface area contributed by atoms with Crippen LogP contribution in [0.3, 0.4) is 0 Å². The van der Waals surface area contributed by atoms with Crippen LogP contribution in [0.25, 0.3) is 11.0 Å². The van der Waals surface area contributed by atoms with Gasteiger partial charge in [0.05, 0.1) is 16.8 Å². The number of primary amides is 1. The highest BCUT2D eigenvalue weighted by atomic mass is 19.1. The molecular weight excluding hydrogens is 372 g/mol. The van der Waals surface area contributed by atoms with Gasteiger partial charge in [0, 0.05) is 11.8 Å². The topological polar surface area (TPSA) is 74.7 Å². The average molecular weight is 395 g/mol. The van der Waals surface area contributed by atoms with E-state index < -0.39 is 24.2 Å².